The maximum Gasteiger partial charge on any atom is 0.123 e. The van der Waals surface area contributed by atoms with Crippen molar-refractivity contribution in [1.29, 1.82) is 0 Å². The summed E-state index contributed by atoms with van der Waals surface area (Å²) >= 11 is 0. The normalized spacial score (nSPS) is 13.0. The van der Waals surface area contributed by atoms with Crippen molar-refractivity contribution in [3.05, 3.63) is 0 Å². The van der Waals surface area contributed by atoms with Crippen LogP contribution in [0, 0.1) is 0 Å². The van der Waals surface area contributed by atoms with Crippen molar-refractivity contribution in [3.8, 4) is 0 Å². The summed E-state index contributed by atoms with van der Waals surface area (Å²) < 4.78 is 17.9. The molecular formula is C12H25FO2. The van der Waals surface area contributed by atoms with Gasteiger partial charge in [0.1, 0.15) is 6.17 Å². The highest BCUT2D eigenvalue weighted by molar-refractivity contribution is 4.53. The van der Waals surface area contributed by atoms with Gasteiger partial charge in [-0.25, -0.2) is 4.39 Å². The minimum Gasteiger partial charge on any atom is -0.393 e. The first-order valence-electron chi connectivity index (χ1n) is 6.14. The van der Waals surface area contributed by atoms with E-state index in [-0.39, 0.29) is 6.61 Å². The highest BCUT2D eigenvalue weighted by Crippen LogP contribution is 2.09. The number of aliphatic hydroxyl groups is 1. The second kappa shape index (κ2) is 11.9. The van der Waals surface area contributed by atoms with E-state index in [2.05, 4.69) is 6.92 Å². The number of hydrogen-bond donors (Lipinski definition) is 1. The number of ether oxygens (including phenoxy) is 1. The molecule has 0 aromatic rings. The molecule has 0 aliphatic heterocycles. The van der Waals surface area contributed by atoms with E-state index in [1.54, 1.807) is 0 Å². The van der Waals surface area contributed by atoms with Crippen LogP contribution in [0.15, 0.2) is 0 Å². The lowest BCUT2D eigenvalue weighted by molar-refractivity contribution is 0.130. The van der Waals surface area contributed by atoms with Gasteiger partial charge in [-0.15, -0.1) is 0 Å². The topological polar surface area (TPSA) is 29.5 Å². The Morgan fingerprint density at radius 3 is 2.40 bits per heavy atom. The molecule has 2 nitrogen and oxygen atoms in total. The maximum atomic E-state index is 12.6. The molecule has 1 unspecified atom stereocenters. The van der Waals surface area contributed by atoms with E-state index < -0.39 is 6.17 Å². The molecule has 3 heteroatoms. The lowest BCUT2D eigenvalue weighted by Crippen LogP contribution is -2.05. The third-order valence-electron chi connectivity index (χ3n) is 2.35. The minimum atomic E-state index is -1.02. The molecule has 0 spiro atoms. The molecule has 0 rings (SSSR count). The van der Waals surface area contributed by atoms with Crippen molar-refractivity contribution in [2.24, 2.45) is 0 Å². The van der Waals surface area contributed by atoms with Crippen molar-refractivity contribution in [1.82, 2.24) is 0 Å². The van der Waals surface area contributed by atoms with Gasteiger partial charge in [0.15, 0.2) is 0 Å². The quantitative estimate of drug-likeness (QED) is 0.542. The Labute approximate surface area is 92.8 Å². The summed E-state index contributed by atoms with van der Waals surface area (Å²) in [5.41, 5.74) is 0. The molecule has 0 amide bonds. The smallest absolute Gasteiger partial charge is 0.123 e. The van der Waals surface area contributed by atoms with Crippen molar-refractivity contribution >= 4 is 0 Å². The minimum absolute atomic E-state index is 0.329. The van der Waals surface area contributed by atoms with E-state index >= 15 is 0 Å². The Hall–Kier alpha value is -0.150. The van der Waals surface area contributed by atoms with Crippen molar-refractivity contribution in [3.63, 3.8) is 0 Å². The van der Waals surface area contributed by atoms with Crippen LogP contribution in [0.5, 0.6) is 0 Å². The lowest BCUT2D eigenvalue weighted by atomic mass is 10.1. The fourth-order valence-electron chi connectivity index (χ4n) is 1.44. The first kappa shape index (κ1) is 14.8. The average molecular weight is 220 g/mol. The zero-order valence-corrected chi connectivity index (χ0v) is 9.88. The molecule has 0 radical (unpaired) electrons. The summed E-state index contributed by atoms with van der Waals surface area (Å²) in [4.78, 5) is 0. The van der Waals surface area contributed by atoms with E-state index in [0.717, 1.165) is 45.3 Å². The SMILES string of the molecule is CCCOCCCCCCCC(F)CO. The number of unbranched alkanes of at least 4 members (excludes halogenated alkanes) is 4. The first-order valence-corrected chi connectivity index (χ1v) is 6.14. The number of hydrogen-bond acceptors (Lipinski definition) is 2. The standard InChI is InChI=1S/C12H25FO2/c1-2-9-15-10-7-5-3-4-6-8-12(13)11-14/h12,14H,2-11H2,1H3. The van der Waals surface area contributed by atoms with Crippen molar-refractivity contribution in [2.75, 3.05) is 19.8 Å². The van der Waals surface area contributed by atoms with Gasteiger partial charge in [-0.05, 0) is 19.3 Å². The molecule has 0 fully saturated rings. The molecular weight excluding hydrogens is 195 g/mol. The Kier molecular flexibility index (Phi) is 11.8. The third kappa shape index (κ3) is 11.8. The maximum absolute atomic E-state index is 12.6. The van der Waals surface area contributed by atoms with Crippen LogP contribution in [0.1, 0.15) is 51.9 Å². The fraction of sp³-hybridized carbons (Fsp3) is 1.00. The molecule has 0 saturated heterocycles. The number of alkyl halides is 1. The van der Waals surface area contributed by atoms with Gasteiger partial charge in [-0.2, -0.15) is 0 Å². The van der Waals surface area contributed by atoms with Crippen LogP contribution >= 0.6 is 0 Å². The molecule has 92 valence electrons. The van der Waals surface area contributed by atoms with Gasteiger partial charge in [0.05, 0.1) is 6.61 Å². The van der Waals surface area contributed by atoms with Crippen LogP contribution in [-0.4, -0.2) is 31.1 Å². The summed E-state index contributed by atoms with van der Waals surface area (Å²) in [6.45, 7) is 3.50. The molecule has 0 bridgehead atoms. The van der Waals surface area contributed by atoms with E-state index in [1.807, 2.05) is 0 Å². The van der Waals surface area contributed by atoms with Gasteiger partial charge in [-0.1, -0.05) is 32.6 Å². The molecule has 0 aliphatic carbocycles. The van der Waals surface area contributed by atoms with Crippen LogP contribution in [0.4, 0.5) is 4.39 Å². The van der Waals surface area contributed by atoms with Gasteiger partial charge in [0.2, 0.25) is 0 Å². The Balaban J connectivity index is 2.92. The Morgan fingerprint density at radius 1 is 1.07 bits per heavy atom. The molecule has 15 heavy (non-hydrogen) atoms. The number of rotatable bonds is 11. The second-order valence-electron chi connectivity index (χ2n) is 3.95. The molecule has 0 aliphatic rings. The first-order chi connectivity index (χ1) is 7.31. The highest BCUT2D eigenvalue weighted by atomic mass is 19.1. The lowest BCUT2D eigenvalue weighted by Gasteiger charge is -2.04. The van der Waals surface area contributed by atoms with E-state index in [4.69, 9.17) is 9.84 Å². The van der Waals surface area contributed by atoms with Gasteiger partial charge in [-0.3, -0.25) is 0 Å². The van der Waals surface area contributed by atoms with Crippen LogP contribution < -0.4 is 0 Å². The predicted octanol–water partition coefficient (Wildman–Crippen LogP) is 3.08. The molecule has 0 saturated carbocycles. The summed E-state index contributed by atoms with van der Waals surface area (Å²) in [5, 5.41) is 8.47. The number of aliphatic hydroxyl groups excluding tert-OH is 1. The van der Waals surface area contributed by atoms with Crippen LogP contribution in [-0.2, 0) is 4.74 Å². The van der Waals surface area contributed by atoms with E-state index in [1.165, 1.54) is 6.42 Å². The number of halogens is 1. The monoisotopic (exact) mass is 220 g/mol. The summed E-state index contributed by atoms with van der Waals surface area (Å²) in [5.74, 6) is 0. The fourth-order valence-corrected chi connectivity index (χ4v) is 1.44. The van der Waals surface area contributed by atoms with Crippen molar-refractivity contribution < 1.29 is 14.2 Å². The predicted molar refractivity (Wildman–Crippen MR) is 60.8 cm³/mol. The summed E-state index contributed by atoms with van der Waals surface area (Å²) in [7, 11) is 0. The zero-order chi connectivity index (χ0) is 11.4. The average Bonchev–Trinajstić information content (AvgIpc) is 2.26. The van der Waals surface area contributed by atoms with Crippen LogP contribution in [0.25, 0.3) is 0 Å². The van der Waals surface area contributed by atoms with E-state index in [9.17, 15) is 4.39 Å². The molecule has 0 heterocycles. The molecule has 0 aromatic carbocycles. The molecule has 1 atom stereocenters. The van der Waals surface area contributed by atoms with Crippen molar-refractivity contribution in [2.45, 2.75) is 58.0 Å². The largest absolute Gasteiger partial charge is 0.393 e. The Bertz CT molecular complexity index is 120. The summed E-state index contributed by atoms with van der Waals surface area (Å²) in [6.07, 6.45) is 5.94. The van der Waals surface area contributed by atoms with Crippen LogP contribution in [0.3, 0.4) is 0 Å². The van der Waals surface area contributed by atoms with Gasteiger partial charge in [0, 0.05) is 13.2 Å². The van der Waals surface area contributed by atoms with Gasteiger partial charge >= 0.3 is 0 Å². The van der Waals surface area contributed by atoms with E-state index in [0.29, 0.717) is 6.42 Å². The third-order valence-corrected chi connectivity index (χ3v) is 2.35. The van der Waals surface area contributed by atoms with Crippen LogP contribution in [0.2, 0.25) is 0 Å². The second-order valence-corrected chi connectivity index (χ2v) is 3.95. The highest BCUT2D eigenvalue weighted by Gasteiger charge is 2.02. The summed E-state index contributed by atoms with van der Waals surface area (Å²) in [6, 6.07) is 0. The zero-order valence-electron chi connectivity index (χ0n) is 9.88. The molecule has 1 N–H and O–H groups in total. The van der Waals surface area contributed by atoms with Gasteiger partial charge in [0.25, 0.3) is 0 Å². The molecule has 0 aromatic heterocycles. The van der Waals surface area contributed by atoms with Gasteiger partial charge < -0.3 is 9.84 Å². The Morgan fingerprint density at radius 2 is 1.73 bits per heavy atom.